The van der Waals surface area contributed by atoms with E-state index < -0.39 is 0 Å². The van der Waals surface area contributed by atoms with Gasteiger partial charge in [-0.25, -0.2) is 4.39 Å². The first-order chi connectivity index (χ1) is 9.24. The monoisotopic (exact) mass is 262 g/mol. The minimum atomic E-state index is -0.347. The lowest BCUT2D eigenvalue weighted by molar-refractivity contribution is 0.0592. The van der Waals surface area contributed by atoms with Gasteiger partial charge in [-0.2, -0.15) is 0 Å². The number of hydrogen-bond donors (Lipinski definition) is 1. The lowest BCUT2D eigenvalue weighted by Crippen LogP contribution is -2.53. The molecule has 0 aromatic heterocycles. The van der Waals surface area contributed by atoms with Gasteiger partial charge in [0.2, 0.25) is 0 Å². The summed E-state index contributed by atoms with van der Waals surface area (Å²) in [6, 6.07) is 6.54. The molecule has 2 aliphatic rings. The van der Waals surface area contributed by atoms with Crippen LogP contribution in [0.25, 0.3) is 0 Å². The minimum absolute atomic E-state index is 0.0384. The van der Waals surface area contributed by atoms with Crippen molar-refractivity contribution in [3.63, 3.8) is 0 Å². The van der Waals surface area contributed by atoms with Gasteiger partial charge >= 0.3 is 0 Å². The first kappa shape index (κ1) is 12.6. The molecule has 0 unspecified atom stereocenters. The second-order valence-corrected chi connectivity index (χ2v) is 5.51. The molecule has 1 N–H and O–H groups in total. The van der Waals surface area contributed by atoms with Crippen molar-refractivity contribution in [1.29, 1.82) is 0 Å². The summed E-state index contributed by atoms with van der Waals surface area (Å²) in [5.41, 5.74) is 0.460. The zero-order chi connectivity index (χ0) is 13.2. The third kappa shape index (κ3) is 2.63. The Morgan fingerprint density at radius 2 is 2.26 bits per heavy atom. The van der Waals surface area contributed by atoms with Crippen molar-refractivity contribution in [3.8, 4) is 0 Å². The predicted octanol–water partition coefficient (Wildman–Crippen LogP) is 2.04. The number of piperidine rings is 2. The Labute approximate surface area is 112 Å². The smallest absolute Gasteiger partial charge is 0.253 e. The molecule has 0 aliphatic carbocycles. The first-order valence-corrected chi connectivity index (χ1v) is 7.02. The zero-order valence-electron chi connectivity index (χ0n) is 10.9. The van der Waals surface area contributed by atoms with Crippen molar-refractivity contribution in [2.24, 2.45) is 5.92 Å². The molecule has 0 bridgehead atoms. The molecular formula is C15H19FN2O. The van der Waals surface area contributed by atoms with Crippen LogP contribution >= 0.6 is 0 Å². The molecule has 3 nitrogen and oxygen atoms in total. The Kier molecular flexibility index (Phi) is 3.51. The molecule has 102 valence electrons. The molecule has 0 saturated carbocycles. The Morgan fingerprint density at radius 1 is 1.37 bits per heavy atom. The summed E-state index contributed by atoms with van der Waals surface area (Å²) in [6.07, 6.45) is 3.37. The summed E-state index contributed by atoms with van der Waals surface area (Å²) < 4.78 is 13.2. The van der Waals surface area contributed by atoms with E-state index in [0.29, 0.717) is 17.5 Å². The molecule has 0 spiro atoms. The topological polar surface area (TPSA) is 32.3 Å². The number of benzene rings is 1. The van der Waals surface area contributed by atoms with E-state index in [-0.39, 0.29) is 11.7 Å². The van der Waals surface area contributed by atoms with Crippen molar-refractivity contribution in [2.75, 3.05) is 19.6 Å². The number of nitrogens with zero attached hydrogens (tertiary/aromatic N) is 1. The van der Waals surface area contributed by atoms with Crippen molar-refractivity contribution >= 4 is 5.91 Å². The lowest BCUT2D eigenvalue weighted by Gasteiger charge is -2.41. The Hall–Kier alpha value is -1.42. The highest BCUT2D eigenvalue weighted by molar-refractivity contribution is 5.94. The highest BCUT2D eigenvalue weighted by atomic mass is 19.1. The van der Waals surface area contributed by atoms with E-state index in [1.165, 1.54) is 25.0 Å². The largest absolute Gasteiger partial charge is 0.338 e. The highest BCUT2D eigenvalue weighted by Crippen LogP contribution is 2.25. The molecule has 1 aromatic carbocycles. The van der Waals surface area contributed by atoms with Gasteiger partial charge < -0.3 is 10.2 Å². The fourth-order valence-corrected chi connectivity index (χ4v) is 3.23. The van der Waals surface area contributed by atoms with Gasteiger partial charge in [0, 0.05) is 24.7 Å². The predicted molar refractivity (Wildman–Crippen MR) is 71.4 cm³/mol. The third-order valence-electron chi connectivity index (χ3n) is 4.25. The van der Waals surface area contributed by atoms with Crippen molar-refractivity contribution in [1.82, 2.24) is 10.2 Å². The molecule has 2 aliphatic heterocycles. The number of hydrogen-bond acceptors (Lipinski definition) is 2. The van der Waals surface area contributed by atoms with Crippen LogP contribution in [-0.4, -0.2) is 36.5 Å². The second-order valence-electron chi connectivity index (χ2n) is 5.51. The number of halogens is 1. The van der Waals surface area contributed by atoms with Gasteiger partial charge in [-0.1, -0.05) is 6.07 Å². The lowest BCUT2D eigenvalue weighted by atomic mass is 9.85. The average Bonchev–Trinajstić information content (AvgIpc) is 2.46. The van der Waals surface area contributed by atoms with Gasteiger partial charge in [-0.15, -0.1) is 0 Å². The molecule has 2 saturated heterocycles. The molecule has 0 radical (unpaired) electrons. The number of carbonyl (C=O) groups excluding carboxylic acids is 1. The van der Waals surface area contributed by atoms with Crippen LogP contribution in [0.15, 0.2) is 24.3 Å². The molecule has 19 heavy (non-hydrogen) atoms. The van der Waals surface area contributed by atoms with E-state index in [4.69, 9.17) is 0 Å². The standard InChI is InChI=1S/C15H19FN2O/c16-13-5-1-3-11(9-13)15(19)18-8-6-14-12(10-18)4-2-7-17-14/h1,3,5,9,12,14,17H,2,4,6-8,10H2/t12-,14+/m0/s1. The van der Waals surface area contributed by atoms with Crippen LogP contribution < -0.4 is 5.32 Å². The van der Waals surface area contributed by atoms with Gasteiger partial charge in [0.25, 0.3) is 5.91 Å². The van der Waals surface area contributed by atoms with Crippen LogP contribution in [0.4, 0.5) is 4.39 Å². The normalized spacial score (nSPS) is 26.9. The van der Waals surface area contributed by atoms with E-state index in [1.54, 1.807) is 12.1 Å². The number of nitrogens with one attached hydrogen (secondary N) is 1. The molecule has 2 heterocycles. The summed E-state index contributed by atoms with van der Waals surface area (Å²) in [6.45, 7) is 2.66. The van der Waals surface area contributed by atoms with Gasteiger partial charge in [-0.3, -0.25) is 4.79 Å². The quantitative estimate of drug-likeness (QED) is 0.840. The number of rotatable bonds is 1. The highest BCUT2D eigenvalue weighted by Gasteiger charge is 2.33. The molecule has 2 atom stereocenters. The SMILES string of the molecule is O=C(c1cccc(F)c1)N1CC[C@H]2NCCC[C@H]2C1. The van der Waals surface area contributed by atoms with Crippen LogP contribution in [-0.2, 0) is 0 Å². The van der Waals surface area contributed by atoms with E-state index in [1.807, 2.05) is 4.90 Å². The van der Waals surface area contributed by atoms with Gasteiger partial charge in [0.1, 0.15) is 5.82 Å². The van der Waals surface area contributed by atoms with Crippen LogP contribution in [0.5, 0.6) is 0 Å². The zero-order valence-corrected chi connectivity index (χ0v) is 10.9. The maximum atomic E-state index is 13.2. The second kappa shape index (κ2) is 5.29. The summed E-state index contributed by atoms with van der Waals surface area (Å²) in [7, 11) is 0. The van der Waals surface area contributed by atoms with E-state index in [0.717, 1.165) is 26.1 Å². The van der Waals surface area contributed by atoms with E-state index in [2.05, 4.69) is 5.32 Å². The molecule has 1 amide bonds. The van der Waals surface area contributed by atoms with Crippen LogP contribution in [0.2, 0.25) is 0 Å². The minimum Gasteiger partial charge on any atom is -0.338 e. The van der Waals surface area contributed by atoms with Crippen molar-refractivity contribution in [2.45, 2.75) is 25.3 Å². The number of carbonyl (C=O) groups is 1. The van der Waals surface area contributed by atoms with Crippen LogP contribution in [0.1, 0.15) is 29.6 Å². The molecular weight excluding hydrogens is 243 g/mol. The maximum Gasteiger partial charge on any atom is 0.253 e. The summed E-state index contributed by atoms with van der Waals surface area (Å²) in [5, 5.41) is 3.53. The van der Waals surface area contributed by atoms with E-state index in [9.17, 15) is 9.18 Å². The number of likely N-dealkylation sites (tertiary alicyclic amines) is 1. The first-order valence-electron chi connectivity index (χ1n) is 7.02. The molecule has 1 aromatic rings. The Balaban J connectivity index is 1.71. The van der Waals surface area contributed by atoms with Crippen LogP contribution in [0, 0.1) is 11.7 Å². The summed E-state index contributed by atoms with van der Waals surface area (Å²) >= 11 is 0. The van der Waals surface area contributed by atoms with E-state index >= 15 is 0 Å². The summed E-state index contributed by atoms with van der Waals surface area (Å²) in [4.78, 5) is 14.2. The fourth-order valence-electron chi connectivity index (χ4n) is 3.23. The van der Waals surface area contributed by atoms with Crippen molar-refractivity contribution in [3.05, 3.63) is 35.6 Å². The van der Waals surface area contributed by atoms with Crippen LogP contribution in [0.3, 0.4) is 0 Å². The Morgan fingerprint density at radius 3 is 3.11 bits per heavy atom. The van der Waals surface area contributed by atoms with Gasteiger partial charge in [-0.05, 0) is 49.9 Å². The number of fused-ring (bicyclic) bond motifs is 1. The third-order valence-corrected chi connectivity index (χ3v) is 4.25. The molecule has 2 fully saturated rings. The van der Waals surface area contributed by atoms with Gasteiger partial charge in [0.05, 0.1) is 0 Å². The van der Waals surface area contributed by atoms with Crippen molar-refractivity contribution < 1.29 is 9.18 Å². The Bertz CT molecular complexity index is 477. The maximum absolute atomic E-state index is 13.2. The average molecular weight is 262 g/mol. The van der Waals surface area contributed by atoms with Gasteiger partial charge in [0.15, 0.2) is 0 Å². The fraction of sp³-hybridized carbons (Fsp3) is 0.533. The number of amides is 1. The molecule has 4 heteroatoms. The summed E-state index contributed by atoms with van der Waals surface area (Å²) in [5.74, 6) is 0.170. The molecule has 3 rings (SSSR count).